The number of nitrogens with zero attached hydrogens (tertiary/aromatic N) is 4. The van der Waals surface area contributed by atoms with Gasteiger partial charge in [0.2, 0.25) is 5.91 Å². The molecule has 7 nitrogen and oxygen atoms in total. The van der Waals surface area contributed by atoms with Gasteiger partial charge in [-0.15, -0.1) is 10.2 Å². The van der Waals surface area contributed by atoms with Crippen LogP contribution in [0.5, 0.6) is 0 Å². The number of aromatic nitrogens is 3. The molecule has 2 amide bonds. The monoisotopic (exact) mass is 377 g/mol. The van der Waals surface area contributed by atoms with Gasteiger partial charge in [0.25, 0.3) is 5.91 Å². The van der Waals surface area contributed by atoms with E-state index in [-0.39, 0.29) is 24.3 Å². The number of fused-ring (bicyclic) bond motifs is 1. The summed E-state index contributed by atoms with van der Waals surface area (Å²) in [5.41, 5.74) is 2.42. The second kappa shape index (κ2) is 7.80. The van der Waals surface area contributed by atoms with E-state index in [2.05, 4.69) is 15.5 Å². The van der Waals surface area contributed by atoms with E-state index in [9.17, 15) is 9.59 Å². The highest BCUT2D eigenvalue weighted by Gasteiger charge is 2.32. The van der Waals surface area contributed by atoms with Gasteiger partial charge in [-0.3, -0.25) is 14.0 Å². The first-order valence-corrected chi connectivity index (χ1v) is 9.57. The number of hydrogen-bond acceptors (Lipinski definition) is 4. The van der Waals surface area contributed by atoms with Crippen molar-refractivity contribution >= 4 is 17.5 Å². The molecule has 4 rings (SSSR count). The molecule has 1 N–H and O–H groups in total. The predicted octanol–water partition coefficient (Wildman–Crippen LogP) is 2.52. The number of hydrogen-bond donors (Lipinski definition) is 1. The normalized spacial score (nSPS) is 16.5. The molecule has 0 radical (unpaired) electrons. The fraction of sp³-hybridized carbons (Fsp3) is 0.333. The van der Waals surface area contributed by atoms with Crippen LogP contribution in [0.3, 0.4) is 0 Å². The van der Waals surface area contributed by atoms with Crippen LogP contribution in [0.2, 0.25) is 0 Å². The maximum Gasteiger partial charge on any atom is 0.251 e. The van der Waals surface area contributed by atoms with Gasteiger partial charge in [0.05, 0.1) is 6.04 Å². The molecular formula is C21H23N5O2. The molecule has 1 unspecified atom stereocenters. The van der Waals surface area contributed by atoms with Gasteiger partial charge < -0.3 is 10.2 Å². The number of benzene rings is 1. The fourth-order valence-electron chi connectivity index (χ4n) is 3.74. The summed E-state index contributed by atoms with van der Waals surface area (Å²) in [5.74, 6) is 0.669. The zero-order valence-electron chi connectivity index (χ0n) is 15.8. The second-order valence-corrected chi connectivity index (χ2v) is 7.11. The van der Waals surface area contributed by atoms with E-state index >= 15 is 0 Å². The van der Waals surface area contributed by atoms with Gasteiger partial charge in [0.15, 0.2) is 11.5 Å². The van der Waals surface area contributed by atoms with Crippen LogP contribution in [0.25, 0.3) is 5.65 Å². The lowest BCUT2D eigenvalue weighted by Gasteiger charge is -2.23. The van der Waals surface area contributed by atoms with Gasteiger partial charge >= 0.3 is 0 Å². The number of rotatable bonds is 5. The van der Waals surface area contributed by atoms with E-state index in [1.165, 1.54) is 0 Å². The molecule has 0 aliphatic carbocycles. The Kier molecular flexibility index (Phi) is 5.06. The van der Waals surface area contributed by atoms with Crippen molar-refractivity contribution < 1.29 is 9.59 Å². The number of aryl methyl sites for hydroxylation is 1. The highest BCUT2D eigenvalue weighted by Crippen LogP contribution is 2.31. The third kappa shape index (κ3) is 3.60. The van der Waals surface area contributed by atoms with Crippen LogP contribution < -0.4 is 5.32 Å². The van der Waals surface area contributed by atoms with Gasteiger partial charge in [-0.05, 0) is 44.0 Å². The molecule has 1 aromatic carbocycles. The van der Waals surface area contributed by atoms with Crippen LogP contribution >= 0.6 is 0 Å². The Balaban J connectivity index is 1.38. The third-order valence-electron chi connectivity index (χ3n) is 5.12. The van der Waals surface area contributed by atoms with Crippen molar-refractivity contribution in [3.05, 3.63) is 65.6 Å². The molecule has 3 heterocycles. The van der Waals surface area contributed by atoms with Gasteiger partial charge in [0, 0.05) is 31.3 Å². The number of amides is 2. The maximum atomic E-state index is 12.8. The predicted molar refractivity (Wildman–Crippen MR) is 105 cm³/mol. The van der Waals surface area contributed by atoms with Crippen LogP contribution in [0, 0.1) is 6.92 Å². The molecule has 2 aromatic heterocycles. The molecular weight excluding hydrogens is 354 g/mol. The van der Waals surface area contributed by atoms with Gasteiger partial charge in [-0.25, -0.2) is 0 Å². The summed E-state index contributed by atoms with van der Waals surface area (Å²) >= 11 is 0. The number of pyridine rings is 1. The number of likely N-dealkylation sites (tertiary alicyclic amines) is 1. The van der Waals surface area contributed by atoms with Crippen LogP contribution in [0.4, 0.5) is 0 Å². The lowest BCUT2D eigenvalue weighted by Crippen LogP contribution is -2.34. The van der Waals surface area contributed by atoms with E-state index in [4.69, 9.17) is 0 Å². The molecule has 0 saturated carbocycles. The van der Waals surface area contributed by atoms with Gasteiger partial charge in [0.1, 0.15) is 0 Å². The third-order valence-corrected chi connectivity index (χ3v) is 5.12. The minimum Gasteiger partial charge on any atom is -0.352 e. The summed E-state index contributed by atoms with van der Waals surface area (Å²) in [4.78, 5) is 26.9. The van der Waals surface area contributed by atoms with Gasteiger partial charge in [-0.1, -0.05) is 23.8 Å². The molecule has 7 heteroatoms. The number of carbonyl (C=O) groups excluding carboxylic acids is 2. The fourth-order valence-corrected chi connectivity index (χ4v) is 3.74. The molecule has 1 aliphatic rings. The smallest absolute Gasteiger partial charge is 0.251 e. The summed E-state index contributed by atoms with van der Waals surface area (Å²) in [6.07, 6.45) is 4.00. The zero-order valence-corrected chi connectivity index (χ0v) is 15.8. The lowest BCUT2D eigenvalue weighted by atomic mass is 10.1. The zero-order chi connectivity index (χ0) is 19.5. The summed E-state index contributed by atoms with van der Waals surface area (Å²) in [5, 5.41) is 11.4. The largest absolute Gasteiger partial charge is 0.352 e. The number of nitrogens with one attached hydrogen (secondary N) is 1. The average Bonchev–Trinajstić information content (AvgIpc) is 3.34. The molecule has 144 valence electrons. The van der Waals surface area contributed by atoms with Crippen molar-refractivity contribution in [3.63, 3.8) is 0 Å². The summed E-state index contributed by atoms with van der Waals surface area (Å²) in [7, 11) is 0. The molecule has 1 fully saturated rings. The Morgan fingerprint density at radius 3 is 2.93 bits per heavy atom. The molecule has 28 heavy (non-hydrogen) atoms. The summed E-state index contributed by atoms with van der Waals surface area (Å²) < 4.78 is 1.94. The lowest BCUT2D eigenvalue weighted by molar-refractivity contribution is -0.132. The summed E-state index contributed by atoms with van der Waals surface area (Å²) in [6, 6.07) is 13.1. The topological polar surface area (TPSA) is 79.6 Å². The van der Waals surface area contributed by atoms with E-state index < -0.39 is 0 Å². The first-order valence-electron chi connectivity index (χ1n) is 9.57. The van der Waals surface area contributed by atoms with E-state index in [0.717, 1.165) is 29.9 Å². The first-order chi connectivity index (χ1) is 13.6. The number of carbonyl (C=O) groups is 2. The van der Waals surface area contributed by atoms with Crippen LogP contribution in [-0.4, -0.2) is 44.4 Å². The Bertz CT molecular complexity index is 1010. The van der Waals surface area contributed by atoms with Crippen molar-refractivity contribution in [1.29, 1.82) is 0 Å². The Hall–Kier alpha value is -3.22. The Morgan fingerprint density at radius 1 is 1.18 bits per heavy atom. The maximum absolute atomic E-state index is 12.8. The Labute approximate surface area is 163 Å². The summed E-state index contributed by atoms with van der Waals surface area (Å²) in [6.45, 7) is 2.97. The van der Waals surface area contributed by atoms with E-state index in [0.29, 0.717) is 18.7 Å². The quantitative estimate of drug-likeness (QED) is 0.741. The van der Waals surface area contributed by atoms with Crippen LogP contribution in [0.15, 0.2) is 48.7 Å². The Morgan fingerprint density at radius 2 is 2.07 bits per heavy atom. The molecule has 0 bridgehead atoms. The standard InChI is InChI=1S/C21H23N5O2/c1-15-6-4-7-16(14-15)21(28)22-11-10-19(27)25-13-5-8-17(25)20-24-23-18-9-2-3-12-26(18)20/h2-4,6-7,9,12,14,17H,5,8,10-11,13H2,1H3,(H,22,28). The van der Waals surface area contributed by atoms with Crippen molar-refractivity contribution in [2.24, 2.45) is 0 Å². The molecule has 1 aliphatic heterocycles. The van der Waals surface area contributed by atoms with Crippen LogP contribution in [-0.2, 0) is 4.79 Å². The van der Waals surface area contributed by atoms with E-state index in [1.54, 1.807) is 6.07 Å². The molecule has 1 saturated heterocycles. The molecule has 0 spiro atoms. The highest BCUT2D eigenvalue weighted by molar-refractivity contribution is 5.94. The minimum absolute atomic E-state index is 0.0275. The van der Waals surface area contributed by atoms with Crippen molar-refractivity contribution in [2.75, 3.05) is 13.1 Å². The van der Waals surface area contributed by atoms with Crippen molar-refractivity contribution in [2.45, 2.75) is 32.2 Å². The first kappa shape index (κ1) is 18.2. The van der Waals surface area contributed by atoms with E-state index in [1.807, 2.05) is 58.8 Å². The molecule has 3 aromatic rings. The van der Waals surface area contributed by atoms with Gasteiger partial charge in [-0.2, -0.15) is 0 Å². The van der Waals surface area contributed by atoms with Crippen LogP contribution in [0.1, 0.15) is 47.1 Å². The highest BCUT2D eigenvalue weighted by atomic mass is 16.2. The molecule has 1 atom stereocenters. The minimum atomic E-state index is -0.155. The second-order valence-electron chi connectivity index (χ2n) is 7.11. The SMILES string of the molecule is Cc1cccc(C(=O)NCCC(=O)N2CCCC2c2nnc3ccccn23)c1. The van der Waals surface area contributed by atoms with Crippen molar-refractivity contribution in [3.8, 4) is 0 Å². The average molecular weight is 377 g/mol. The van der Waals surface area contributed by atoms with Crippen molar-refractivity contribution in [1.82, 2.24) is 24.8 Å².